The molecule has 2 atom stereocenters. The average Bonchev–Trinajstić information content (AvgIpc) is 2.81. The van der Waals surface area contributed by atoms with Crippen molar-refractivity contribution in [2.24, 2.45) is 0 Å². The number of rotatable bonds is 4. The van der Waals surface area contributed by atoms with Gasteiger partial charge in [-0.25, -0.2) is 0 Å². The lowest BCUT2D eigenvalue weighted by Gasteiger charge is -2.24. The third-order valence-electron chi connectivity index (χ3n) is 3.43. The van der Waals surface area contributed by atoms with Crippen LogP contribution in [0.15, 0.2) is 30.5 Å². The van der Waals surface area contributed by atoms with E-state index < -0.39 is 28.5 Å². The Labute approximate surface area is 128 Å². The quantitative estimate of drug-likeness (QED) is 0.533. The van der Waals surface area contributed by atoms with Gasteiger partial charge in [0.15, 0.2) is 5.92 Å². The zero-order chi connectivity index (χ0) is 16.5. The second-order valence-corrected chi connectivity index (χ2v) is 6.33. The molecule has 6 nitrogen and oxygen atoms in total. The molecule has 1 aromatic heterocycles. The first-order chi connectivity index (χ1) is 10.2. The molecule has 0 spiro atoms. The summed E-state index contributed by atoms with van der Waals surface area (Å²) >= 11 is 0. The zero-order valence-electron chi connectivity index (χ0n) is 13.1. The smallest absolute Gasteiger partial charge is 0.321 e. The van der Waals surface area contributed by atoms with Crippen LogP contribution in [0.4, 0.5) is 0 Å². The van der Waals surface area contributed by atoms with Crippen LogP contribution >= 0.6 is 0 Å². The number of aromatic nitrogens is 1. The first-order valence-corrected chi connectivity index (χ1v) is 7.13. The molecule has 1 heterocycles. The molecule has 0 fully saturated rings. The number of H-pyrrole nitrogens is 1. The second-order valence-electron chi connectivity index (χ2n) is 6.33. The second kappa shape index (κ2) is 5.79. The van der Waals surface area contributed by atoms with Gasteiger partial charge in [-0.05, 0) is 32.4 Å². The maximum absolute atomic E-state index is 12.5. The molecular weight excluding hydrogens is 284 g/mol. The number of esters is 1. The number of fused-ring (bicyclic) bond motifs is 1. The lowest BCUT2D eigenvalue weighted by Crippen LogP contribution is -2.35. The molecule has 0 amide bonds. The van der Waals surface area contributed by atoms with Crippen LogP contribution in [0.5, 0.6) is 0 Å². The molecule has 2 rings (SSSR count). The minimum Gasteiger partial charge on any atom is -0.459 e. The van der Waals surface area contributed by atoms with Crippen LogP contribution in [-0.4, -0.2) is 27.5 Å². The van der Waals surface area contributed by atoms with E-state index in [0.717, 1.165) is 10.9 Å². The number of nitrogens with zero attached hydrogens (tertiary/aromatic N) is 1. The highest BCUT2D eigenvalue weighted by Gasteiger charge is 2.39. The van der Waals surface area contributed by atoms with Crippen LogP contribution < -0.4 is 0 Å². The summed E-state index contributed by atoms with van der Waals surface area (Å²) in [6, 6.07) is 6.33. The van der Waals surface area contributed by atoms with Crippen molar-refractivity contribution in [3.63, 3.8) is 0 Å². The standard InChI is InChI=1S/C16H20N2O4/c1-10(18(20)21)14(15(19)22-16(2,3)4)12-9-17-13-8-6-5-7-11(12)13/h5-10,14,17H,1-4H3/t10-,14-/m0/s1. The molecule has 0 aliphatic rings. The van der Waals surface area contributed by atoms with E-state index in [1.165, 1.54) is 6.92 Å². The van der Waals surface area contributed by atoms with Gasteiger partial charge in [0, 0.05) is 28.9 Å². The highest BCUT2D eigenvalue weighted by molar-refractivity contribution is 5.90. The van der Waals surface area contributed by atoms with Crippen molar-refractivity contribution in [2.45, 2.75) is 45.3 Å². The van der Waals surface area contributed by atoms with Gasteiger partial charge in [0.25, 0.3) is 0 Å². The molecule has 1 N–H and O–H groups in total. The van der Waals surface area contributed by atoms with Gasteiger partial charge in [0.05, 0.1) is 0 Å². The minimum atomic E-state index is -1.07. The van der Waals surface area contributed by atoms with Crippen LogP contribution in [0.2, 0.25) is 0 Å². The number of hydrogen-bond acceptors (Lipinski definition) is 4. The maximum atomic E-state index is 12.5. The first kappa shape index (κ1) is 16.0. The summed E-state index contributed by atoms with van der Waals surface area (Å²) in [6.45, 7) is 6.66. The fourth-order valence-corrected chi connectivity index (χ4v) is 2.42. The summed E-state index contributed by atoms with van der Waals surface area (Å²) in [5.41, 5.74) is 0.730. The Morgan fingerprint density at radius 2 is 1.95 bits per heavy atom. The molecule has 2 aromatic rings. The molecule has 0 radical (unpaired) electrons. The van der Waals surface area contributed by atoms with Gasteiger partial charge in [-0.1, -0.05) is 18.2 Å². The summed E-state index contributed by atoms with van der Waals surface area (Å²) < 4.78 is 5.39. The third-order valence-corrected chi connectivity index (χ3v) is 3.43. The number of ether oxygens (including phenoxy) is 1. The van der Waals surface area contributed by atoms with E-state index in [1.54, 1.807) is 27.0 Å². The first-order valence-electron chi connectivity index (χ1n) is 7.13. The van der Waals surface area contributed by atoms with Gasteiger partial charge < -0.3 is 9.72 Å². The highest BCUT2D eigenvalue weighted by atomic mass is 16.6. The van der Waals surface area contributed by atoms with Gasteiger partial charge >= 0.3 is 5.97 Å². The third kappa shape index (κ3) is 3.27. The predicted molar refractivity (Wildman–Crippen MR) is 83.3 cm³/mol. The molecule has 0 aliphatic carbocycles. The molecule has 1 aromatic carbocycles. The molecule has 0 saturated heterocycles. The Kier molecular flexibility index (Phi) is 4.21. The van der Waals surface area contributed by atoms with E-state index in [9.17, 15) is 14.9 Å². The number of aromatic amines is 1. The Morgan fingerprint density at radius 1 is 1.32 bits per heavy atom. The van der Waals surface area contributed by atoms with Crippen molar-refractivity contribution >= 4 is 16.9 Å². The van der Waals surface area contributed by atoms with Crippen molar-refractivity contribution in [3.05, 3.63) is 46.1 Å². The van der Waals surface area contributed by atoms with Gasteiger partial charge in [0.1, 0.15) is 5.60 Å². The van der Waals surface area contributed by atoms with E-state index in [0.29, 0.717) is 5.56 Å². The highest BCUT2D eigenvalue weighted by Crippen LogP contribution is 2.31. The monoisotopic (exact) mass is 304 g/mol. The maximum Gasteiger partial charge on any atom is 0.321 e. The summed E-state index contributed by atoms with van der Waals surface area (Å²) in [5, 5.41) is 12.0. The Balaban J connectivity index is 2.49. The number of carbonyl (C=O) groups is 1. The van der Waals surface area contributed by atoms with Crippen molar-refractivity contribution in [2.75, 3.05) is 0 Å². The number of para-hydroxylation sites is 1. The summed E-state index contributed by atoms with van der Waals surface area (Å²) in [4.78, 5) is 26.3. The molecule has 22 heavy (non-hydrogen) atoms. The van der Waals surface area contributed by atoms with Crippen LogP contribution in [-0.2, 0) is 9.53 Å². The number of nitro groups is 1. The molecule has 0 bridgehead atoms. The van der Waals surface area contributed by atoms with E-state index >= 15 is 0 Å². The largest absolute Gasteiger partial charge is 0.459 e. The van der Waals surface area contributed by atoms with Crippen molar-refractivity contribution < 1.29 is 14.5 Å². The summed E-state index contributed by atoms with van der Waals surface area (Å²) in [6.07, 6.45) is 1.65. The lowest BCUT2D eigenvalue weighted by atomic mass is 9.92. The lowest BCUT2D eigenvalue weighted by molar-refractivity contribution is -0.520. The number of nitrogens with one attached hydrogen (secondary N) is 1. The van der Waals surface area contributed by atoms with Gasteiger partial charge in [-0.3, -0.25) is 14.9 Å². The van der Waals surface area contributed by atoms with Crippen molar-refractivity contribution in [3.8, 4) is 0 Å². The van der Waals surface area contributed by atoms with Gasteiger partial charge in [0.2, 0.25) is 6.04 Å². The van der Waals surface area contributed by atoms with Crippen molar-refractivity contribution in [1.82, 2.24) is 4.98 Å². The minimum absolute atomic E-state index is 0.448. The average molecular weight is 304 g/mol. The summed E-state index contributed by atoms with van der Waals surface area (Å²) in [7, 11) is 0. The van der Waals surface area contributed by atoms with E-state index in [-0.39, 0.29) is 0 Å². The van der Waals surface area contributed by atoms with Crippen LogP contribution in [0.1, 0.15) is 39.2 Å². The van der Waals surface area contributed by atoms with Crippen LogP contribution in [0, 0.1) is 10.1 Å². The number of carbonyl (C=O) groups excluding carboxylic acids is 1. The number of benzene rings is 1. The van der Waals surface area contributed by atoms with Crippen LogP contribution in [0.3, 0.4) is 0 Å². The SMILES string of the molecule is C[C@@H]([C@H](C(=O)OC(C)(C)C)c1c[nH]c2ccccc12)[N+](=O)[O-]. The zero-order valence-corrected chi connectivity index (χ0v) is 13.1. The van der Waals surface area contributed by atoms with Crippen LogP contribution in [0.25, 0.3) is 10.9 Å². The normalized spacial score (nSPS) is 14.5. The van der Waals surface area contributed by atoms with E-state index in [4.69, 9.17) is 4.74 Å². The Morgan fingerprint density at radius 3 is 2.55 bits per heavy atom. The Hall–Kier alpha value is -2.37. The van der Waals surface area contributed by atoms with E-state index in [1.807, 2.05) is 24.3 Å². The fourth-order valence-electron chi connectivity index (χ4n) is 2.42. The molecule has 0 unspecified atom stereocenters. The van der Waals surface area contributed by atoms with Gasteiger partial charge in [-0.2, -0.15) is 0 Å². The number of hydrogen-bond donors (Lipinski definition) is 1. The molecular formula is C16H20N2O4. The fraction of sp³-hybridized carbons (Fsp3) is 0.438. The topological polar surface area (TPSA) is 85.2 Å². The predicted octanol–water partition coefficient (Wildman–Crippen LogP) is 3.26. The Bertz CT molecular complexity index is 699. The molecule has 0 aliphatic heterocycles. The van der Waals surface area contributed by atoms with Gasteiger partial charge in [-0.15, -0.1) is 0 Å². The molecule has 0 saturated carbocycles. The molecule has 6 heteroatoms. The molecule has 118 valence electrons. The van der Waals surface area contributed by atoms with E-state index in [2.05, 4.69) is 4.98 Å². The van der Waals surface area contributed by atoms with Crippen molar-refractivity contribution in [1.29, 1.82) is 0 Å². The summed E-state index contributed by atoms with van der Waals surface area (Å²) in [5.74, 6) is -1.54.